The van der Waals surface area contributed by atoms with Crippen molar-refractivity contribution < 1.29 is 4.79 Å². The summed E-state index contributed by atoms with van der Waals surface area (Å²) < 4.78 is 0. The molecule has 1 spiro atoms. The van der Waals surface area contributed by atoms with Crippen molar-refractivity contribution in [3.63, 3.8) is 0 Å². The van der Waals surface area contributed by atoms with E-state index in [1.807, 2.05) is 13.0 Å². The minimum Gasteiger partial charge on any atom is -0.346 e. The molecule has 2 heterocycles. The minimum absolute atomic E-state index is 0.0471. The second kappa shape index (κ2) is 6.06. The zero-order valence-corrected chi connectivity index (χ0v) is 14.2. The van der Waals surface area contributed by atoms with Crippen molar-refractivity contribution in [1.29, 1.82) is 0 Å². The predicted molar refractivity (Wildman–Crippen MR) is 95.6 cm³/mol. The van der Waals surface area contributed by atoms with Gasteiger partial charge in [0.1, 0.15) is 0 Å². The molecule has 0 aromatic heterocycles. The van der Waals surface area contributed by atoms with Gasteiger partial charge in [-0.05, 0) is 36.5 Å². The van der Waals surface area contributed by atoms with Crippen LogP contribution < -0.4 is 5.32 Å². The number of piperidine rings is 1. The highest BCUT2D eigenvalue weighted by molar-refractivity contribution is 5.86. The molecule has 3 heteroatoms. The molecule has 1 N–H and O–H groups in total. The summed E-state index contributed by atoms with van der Waals surface area (Å²) in [5.74, 6) is 0.124. The molecule has 24 heavy (non-hydrogen) atoms. The Kier molecular flexibility index (Phi) is 3.89. The topological polar surface area (TPSA) is 32.3 Å². The van der Waals surface area contributed by atoms with E-state index in [2.05, 4.69) is 58.7 Å². The smallest absolute Gasteiger partial charge is 0.227 e. The summed E-state index contributed by atoms with van der Waals surface area (Å²) in [4.78, 5) is 15.0. The van der Waals surface area contributed by atoms with Gasteiger partial charge in [-0.2, -0.15) is 0 Å². The average molecular weight is 320 g/mol. The van der Waals surface area contributed by atoms with Gasteiger partial charge in [0.2, 0.25) is 5.91 Å². The summed E-state index contributed by atoms with van der Waals surface area (Å²) in [5.41, 5.74) is 3.72. The van der Waals surface area contributed by atoms with Crippen LogP contribution >= 0.6 is 0 Å². The van der Waals surface area contributed by atoms with Gasteiger partial charge < -0.3 is 5.32 Å². The molecule has 1 atom stereocenters. The zero-order valence-electron chi connectivity index (χ0n) is 14.2. The molecule has 2 aromatic carbocycles. The Labute approximate surface area is 143 Å². The number of amides is 1. The Hall–Kier alpha value is -2.13. The predicted octanol–water partition coefficient (Wildman–Crippen LogP) is 3.41. The largest absolute Gasteiger partial charge is 0.346 e. The van der Waals surface area contributed by atoms with Gasteiger partial charge in [-0.3, -0.25) is 9.69 Å². The molecular weight excluding hydrogens is 296 g/mol. The first-order chi connectivity index (χ1) is 11.7. The van der Waals surface area contributed by atoms with Crippen molar-refractivity contribution in [1.82, 2.24) is 10.2 Å². The first-order valence-corrected chi connectivity index (χ1v) is 8.86. The van der Waals surface area contributed by atoms with E-state index in [1.165, 1.54) is 16.7 Å². The first kappa shape index (κ1) is 15.4. The number of fused-ring (bicyclic) bond motifs is 2. The van der Waals surface area contributed by atoms with Gasteiger partial charge in [-0.1, -0.05) is 54.6 Å². The minimum atomic E-state index is -0.173. The summed E-state index contributed by atoms with van der Waals surface area (Å²) >= 11 is 0. The molecule has 1 amide bonds. The van der Waals surface area contributed by atoms with Crippen LogP contribution in [-0.4, -0.2) is 23.9 Å². The first-order valence-electron chi connectivity index (χ1n) is 8.86. The SMILES string of the molecule is CC1C(=O)NC2(CCN(Cc3ccccc3)CC2)c2ccccc21. The van der Waals surface area contributed by atoms with Crippen LogP contribution in [0.15, 0.2) is 54.6 Å². The van der Waals surface area contributed by atoms with Crippen LogP contribution in [0.3, 0.4) is 0 Å². The fraction of sp³-hybridized carbons (Fsp3) is 0.381. The maximum atomic E-state index is 12.5. The fourth-order valence-electron chi connectivity index (χ4n) is 4.19. The maximum Gasteiger partial charge on any atom is 0.227 e. The van der Waals surface area contributed by atoms with E-state index >= 15 is 0 Å². The quantitative estimate of drug-likeness (QED) is 0.919. The van der Waals surface area contributed by atoms with Crippen molar-refractivity contribution in [3.05, 3.63) is 71.3 Å². The molecule has 1 saturated heterocycles. The number of benzene rings is 2. The summed E-state index contributed by atoms with van der Waals surface area (Å²) in [6, 6.07) is 19.1. The second-order valence-electron chi connectivity index (χ2n) is 7.14. The van der Waals surface area contributed by atoms with Gasteiger partial charge in [0.25, 0.3) is 0 Å². The van der Waals surface area contributed by atoms with Crippen LogP contribution in [0.5, 0.6) is 0 Å². The molecule has 4 rings (SSSR count). The van der Waals surface area contributed by atoms with Crippen molar-refractivity contribution in [2.45, 2.75) is 37.8 Å². The Balaban J connectivity index is 1.54. The Morgan fingerprint density at radius 2 is 1.71 bits per heavy atom. The molecule has 3 nitrogen and oxygen atoms in total. The van der Waals surface area contributed by atoms with E-state index in [1.54, 1.807) is 0 Å². The van der Waals surface area contributed by atoms with E-state index in [9.17, 15) is 4.79 Å². The van der Waals surface area contributed by atoms with Crippen molar-refractivity contribution in [2.24, 2.45) is 0 Å². The Morgan fingerprint density at radius 1 is 1.04 bits per heavy atom. The van der Waals surface area contributed by atoms with Crippen molar-refractivity contribution in [2.75, 3.05) is 13.1 Å². The third kappa shape index (κ3) is 2.63. The number of hydrogen-bond acceptors (Lipinski definition) is 2. The Bertz CT molecular complexity index is 733. The summed E-state index contributed by atoms with van der Waals surface area (Å²) in [5, 5.41) is 3.36. The highest BCUT2D eigenvalue weighted by Gasteiger charge is 2.43. The molecule has 0 radical (unpaired) electrons. The molecule has 1 unspecified atom stereocenters. The number of carbonyl (C=O) groups is 1. The number of nitrogens with one attached hydrogen (secondary N) is 1. The summed E-state index contributed by atoms with van der Waals surface area (Å²) in [6.45, 7) is 5.02. The molecule has 2 aliphatic heterocycles. The summed E-state index contributed by atoms with van der Waals surface area (Å²) in [7, 11) is 0. The van der Waals surface area contributed by atoms with Gasteiger partial charge in [0, 0.05) is 19.6 Å². The molecule has 0 aliphatic carbocycles. The molecule has 2 aromatic rings. The van der Waals surface area contributed by atoms with E-state index < -0.39 is 0 Å². The van der Waals surface area contributed by atoms with Gasteiger partial charge >= 0.3 is 0 Å². The van der Waals surface area contributed by atoms with Gasteiger partial charge in [0.15, 0.2) is 0 Å². The van der Waals surface area contributed by atoms with Crippen LogP contribution in [-0.2, 0) is 16.9 Å². The highest BCUT2D eigenvalue weighted by Crippen LogP contribution is 2.41. The normalized spacial score (nSPS) is 22.9. The van der Waals surface area contributed by atoms with Gasteiger partial charge in [0.05, 0.1) is 11.5 Å². The Morgan fingerprint density at radius 3 is 2.46 bits per heavy atom. The standard InChI is InChI=1S/C21H24N2O/c1-16-18-9-5-6-10-19(18)21(22-20(16)24)11-13-23(14-12-21)15-17-7-3-2-4-8-17/h2-10,16H,11-15H2,1H3,(H,22,24). The van der Waals surface area contributed by atoms with E-state index in [4.69, 9.17) is 0 Å². The third-order valence-corrected chi connectivity index (χ3v) is 5.66. The molecular formula is C21H24N2O. The monoisotopic (exact) mass is 320 g/mol. The third-order valence-electron chi connectivity index (χ3n) is 5.66. The lowest BCUT2D eigenvalue weighted by Gasteiger charge is -2.47. The number of likely N-dealkylation sites (tertiary alicyclic amines) is 1. The van der Waals surface area contributed by atoms with Crippen LogP contribution in [0.1, 0.15) is 42.4 Å². The average Bonchev–Trinajstić information content (AvgIpc) is 2.63. The fourth-order valence-corrected chi connectivity index (χ4v) is 4.19. The molecule has 0 saturated carbocycles. The van der Waals surface area contributed by atoms with E-state index in [-0.39, 0.29) is 17.4 Å². The summed E-state index contributed by atoms with van der Waals surface area (Å²) in [6.07, 6.45) is 1.96. The zero-order chi connectivity index (χ0) is 16.6. The maximum absolute atomic E-state index is 12.5. The second-order valence-corrected chi connectivity index (χ2v) is 7.14. The molecule has 0 bridgehead atoms. The van der Waals surface area contributed by atoms with Crippen molar-refractivity contribution >= 4 is 5.91 Å². The van der Waals surface area contributed by atoms with Gasteiger partial charge in [-0.15, -0.1) is 0 Å². The van der Waals surface area contributed by atoms with Crippen LogP contribution in [0.25, 0.3) is 0 Å². The number of nitrogens with zero attached hydrogens (tertiary/aromatic N) is 1. The van der Waals surface area contributed by atoms with Crippen LogP contribution in [0.2, 0.25) is 0 Å². The number of rotatable bonds is 2. The highest BCUT2D eigenvalue weighted by atomic mass is 16.2. The van der Waals surface area contributed by atoms with Crippen molar-refractivity contribution in [3.8, 4) is 0 Å². The van der Waals surface area contributed by atoms with E-state index in [0.717, 1.165) is 32.5 Å². The molecule has 1 fully saturated rings. The van der Waals surface area contributed by atoms with Crippen LogP contribution in [0, 0.1) is 0 Å². The lowest BCUT2D eigenvalue weighted by atomic mass is 9.73. The van der Waals surface area contributed by atoms with E-state index in [0.29, 0.717) is 0 Å². The lowest BCUT2D eigenvalue weighted by Crippen LogP contribution is -2.56. The lowest BCUT2D eigenvalue weighted by molar-refractivity contribution is -0.126. The van der Waals surface area contributed by atoms with Crippen LogP contribution in [0.4, 0.5) is 0 Å². The molecule has 124 valence electrons. The van der Waals surface area contributed by atoms with Gasteiger partial charge in [-0.25, -0.2) is 0 Å². The molecule has 2 aliphatic rings. The number of carbonyl (C=O) groups excluding carboxylic acids is 1. The number of hydrogen-bond donors (Lipinski definition) is 1.